The molecule has 1 aromatic rings. The van der Waals surface area contributed by atoms with Gasteiger partial charge in [-0.25, -0.2) is 9.69 Å². The topological polar surface area (TPSA) is 60.9 Å². The van der Waals surface area contributed by atoms with Crippen molar-refractivity contribution in [1.29, 1.82) is 0 Å². The fourth-order valence-electron chi connectivity index (χ4n) is 2.35. The number of amides is 4. The van der Waals surface area contributed by atoms with Gasteiger partial charge in [-0.05, 0) is 25.1 Å². The number of imide groups is 2. The summed E-state index contributed by atoms with van der Waals surface area (Å²) >= 11 is 12.1. The number of nitrogens with zero attached hydrogens (tertiary/aromatic N) is 3. The van der Waals surface area contributed by atoms with Crippen LogP contribution in [0.15, 0.2) is 18.2 Å². The Labute approximate surface area is 144 Å². The summed E-state index contributed by atoms with van der Waals surface area (Å²) in [7, 11) is 1.73. The molecule has 2 rings (SSSR count). The number of hydrogen-bond acceptors (Lipinski definition) is 4. The summed E-state index contributed by atoms with van der Waals surface area (Å²) in [6, 6.07) is 4.69. The highest BCUT2D eigenvalue weighted by molar-refractivity contribution is 6.44. The third-order valence-electron chi connectivity index (χ3n) is 3.44. The Morgan fingerprint density at radius 3 is 2.39 bits per heavy atom. The van der Waals surface area contributed by atoms with Crippen LogP contribution in [-0.2, 0) is 16.1 Å². The first-order chi connectivity index (χ1) is 10.9. The summed E-state index contributed by atoms with van der Waals surface area (Å²) in [6.45, 7) is 2.47. The van der Waals surface area contributed by atoms with Gasteiger partial charge in [0, 0.05) is 13.1 Å². The summed E-state index contributed by atoms with van der Waals surface area (Å²) in [5.74, 6) is -1.57. The van der Waals surface area contributed by atoms with Crippen molar-refractivity contribution in [2.24, 2.45) is 0 Å². The quantitative estimate of drug-likeness (QED) is 0.579. The van der Waals surface area contributed by atoms with Crippen molar-refractivity contribution in [2.45, 2.75) is 19.9 Å². The lowest BCUT2D eigenvalue weighted by Crippen LogP contribution is -2.40. The van der Waals surface area contributed by atoms with Crippen molar-refractivity contribution in [2.75, 3.05) is 20.3 Å². The molecule has 1 aliphatic heterocycles. The largest absolute Gasteiger partial charge is 0.335 e. The second-order valence-corrected chi connectivity index (χ2v) is 6.13. The van der Waals surface area contributed by atoms with Gasteiger partial charge in [-0.1, -0.05) is 42.3 Å². The molecule has 0 aromatic heterocycles. The van der Waals surface area contributed by atoms with E-state index in [4.69, 9.17) is 23.2 Å². The molecule has 1 fully saturated rings. The molecule has 124 valence electrons. The number of urea groups is 1. The Kier molecular flexibility index (Phi) is 5.62. The van der Waals surface area contributed by atoms with Crippen LogP contribution in [0.3, 0.4) is 0 Å². The van der Waals surface area contributed by atoms with Crippen molar-refractivity contribution >= 4 is 41.0 Å². The molecule has 1 saturated heterocycles. The standard InChI is InChI=1S/C15H17Cl2N3O3/c1-3-7-19-13(21)14(22)20(15(19)23)9-18(2)8-10-5-4-6-11(16)12(10)17/h4-6H,3,7-9H2,1-2H3. The minimum Gasteiger partial charge on any atom is -0.284 e. The average Bonchev–Trinajstić information content (AvgIpc) is 2.70. The highest BCUT2D eigenvalue weighted by Gasteiger charge is 2.44. The maximum Gasteiger partial charge on any atom is 0.335 e. The zero-order valence-corrected chi connectivity index (χ0v) is 14.4. The van der Waals surface area contributed by atoms with Crippen LogP contribution in [0.1, 0.15) is 18.9 Å². The number of carbonyl (C=O) groups excluding carboxylic acids is 3. The number of rotatable bonds is 6. The molecular formula is C15H17Cl2N3O3. The maximum atomic E-state index is 12.2. The molecular weight excluding hydrogens is 341 g/mol. The number of hydrogen-bond donors (Lipinski definition) is 0. The Bertz CT molecular complexity index is 651. The van der Waals surface area contributed by atoms with Crippen LogP contribution >= 0.6 is 23.2 Å². The second kappa shape index (κ2) is 7.29. The predicted octanol–water partition coefficient (Wildman–Crippen LogP) is 2.58. The molecule has 0 atom stereocenters. The van der Waals surface area contributed by atoms with E-state index in [2.05, 4.69) is 0 Å². The summed E-state index contributed by atoms with van der Waals surface area (Å²) in [5, 5.41) is 0.874. The molecule has 6 nitrogen and oxygen atoms in total. The minimum absolute atomic E-state index is 0.00641. The molecule has 1 heterocycles. The van der Waals surface area contributed by atoms with E-state index in [0.717, 1.165) is 15.4 Å². The van der Waals surface area contributed by atoms with Crippen molar-refractivity contribution in [3.8, 4) is 0 Å². The fourth-order valence-corrected chi connectivity index (χ4v) is 2.73. The molecule has 0 saturated carbocycles. The SMILES string of the molecule is CCCN1C(=O)C(=O)N(CN(C)Cc2cccc(Cl)c2Cl)C1=O. The Morgan fingerprint density at radius 1 is 1.09 bits per heavy atom. The van der Waals surface area contributed by atoms with Gasteiger partial charge in [-0.3, -0.25) is 19.4 Å². The molecule has 0 bridgehead atoms. The van der Waals surface area contributed by atoms with Crippen LogP contribution in [0.2, 0.25) is 10.0 Å². The van der Waals surface area contributed by atoms with E-state index in [-0.39, 0.29) is 13.2 Å². The smallest absolute Gasteiger partial charge is 0.284 e. The third-order valence-corrected chi connectivity index (χ3v) is 4.29. The van der Waals surface area contributed by atoms with Crippen molar-refractivity contribution in [1.82, 2.24) is 14.7 Å². The first-order valence-corrected chi connectivity index (χ1v) is 7.91. The number of halogens is 2. The molecule has 0 radical (unpaired) electrons. The van der Waals surface area contributed by atoms with Crippen LogP contribution in [0.5, 0.6) is 0 Å². The minimum atomic E-state index is -0.799. The van der Waals surface area contributed by atoms with Gasteiger partial charge in [0.2, 0.25) is 0 Å². The van der Waals surface area contributed by atoms with Gasteiger partial charge in [-0.2, -0.15) is 0 Å². The van der Waals surface area contributed by atoms with Crippen LogP contribution < -0.4 is 0 Å². The number of benzene rings is 1. The van der Waals surface area contributed by atoms with Crippen molar-refractivity contribution in [3.05, 3.63) is 33.8 Å². The van der Waals surface area contributed by atoms with Crippen molar-refractivity contribution < 1.29 is 14.4 Å². The highest BCUT2D eigenvalue weighted by atomic mass is 35.5. The Morgan fingerprint density at radius 2 is 1.74 bits per heavy atom. The molecule has 0 aliphatic carbocycles. The summed E-state index contributed by atoms with van der Waals surface area (Å²) in [5.41, 5.74) is 0.775. The highest BCUT2D eigenvalue weighted by Crippen LogP contribution is 2.26. The Balaban J connectivity index is 2.06. The third kappa shape index (κ3) is 3.65. The lowest BCUT2D eigenvalue weighted by Gasteiger charge is -2.23. The fraction of sp³-hybridized carbons (Fsp3) is 0.400. The lowest BCUT2D eigenvalue weighted by molar-refractivity contribution is -0.143. The van der Waals surface area contributed by atoms with Crippen LogP contribution in [0.25, 0.3) is 0 Å². The molecule has 1 aliphatic rings. The first-order valence-electron chi connectivity index (χ1n) is 7.15. The molecule has 1 aromatic carbocycles. The predicted molar refractivity (Wildman–Crippen MR) is 87.0 cm³/mol. The van der Waals surface area contributed by atoms with E-state index in [9.17, 15) is 14.4 Å². The van der Waals surface area contributed by atoms with E-state index in [1.807, 2.05) is 13.0 Å². The summed E-state index contributed by atoms with van der Waals surface area (Å²) in [6.07, 6.45) is 0.604. The van der Waals surface area contributed by atoms with Gasteiger partial charge < -0.3 is 0 Å². The van der Waals surface area contributed by atoms with E-state index in [0.29, 0.717) is 23.0 Å². The first kappa shape index (κ1) is 17.7. The molecule has 8 heteroatoms. The van der Waals surface area contributed by atoms with Gasteiger partial charge in [0.1, 0.15) is 0 Å². The van der Waals surface area contributed by atoms with Gasteiger partial charge in [0.05, 0.1) is 16.7 Å². The molecule has 0 unspecified atom stereocenters. The van der Waals surface area contributed by atoms with Gasteiger partial charge in [0.15, 0.2) is 0 Å². The zero-order valence-electron chi connectivity index (χ0n) is 12.9. The van der Waals surface area contributed by atoms with Crippen molar-refractivity contribution in [3.63, 3.8) is 0 Å². The zero-order chi connectivity index (χ0) is 17.1. The average molecular weight is 358 g/mol. The molecule has 23 heavy (non-hydrogen) atoms. The van der Waals surface area contributed by atoms with E-state index in [1.165, 1.54) is 0 Å². The monoisotopic (exact) mass is 357 g/mol. The molecule has 4 amide bonds. The van der Waals surface area contributed by atoms with E-state index < -0.39 is 17.8 Å². The van der Waals surface area contributed by atoms with Crippen LogP contribution in [0, 0.1) is 0 Å². The van der Waals surface area contributed by atoms with E-state index >= 15 is 0 Å². The molecule has 0 spiro atoms. The second-order valence-electron chi connectivity index (χ2n) is 5.34. The van der Waals surface area contributed by atoms with Crippen LogP contribution in [0.4, 0.5) is 4.79 Å². The van der Waals surface area contributed by atoms with Gasteiger partial charge in [-0.15, -0.1) is 0 Å². The lowest BCUT2D eigenvalue weighted by atomic mass is 10.2. The summed E-state index contributed by atoms with van der Waals surface area (Å²) < 4.78 is 0. The normalized spacial score (nSPS) is 15.3. The van der Waals surface area contributed by atoms with Gasteiger partial charge in [0.25, 0.3) is 0 Å². The summed E-state index contributed by atoms with van der Waals surface area (Å²) in [4.78, 5) is 39.6. The molecule has 0 N–H and O–H groups in total. The maximum absolute atomic E-state index is 12.2. The number of carbonyl (C=O) groups is 3. The Hall–Kier alpha value is -1.63. The van der Waals surface area contributed by atoms with E-state index in [1.54, 1.807) is 24.1 Å². The van der Waals surface area contributed by atoms with Gasteiger partial charge >= 0.3 is 17.8 Å². The van der Waals surface area contributed by atoms with Crippen LogP contribution in [-0.4, -0.2) is 52.8 Å².